The van der Waals surface area contributed by atoms with Gasteiger partial charge in [0.25, 0.3) is 0 Å². The minimum absolute atomic E-state index is 0.489. The first kappa shape index (κ1) is 11.1. The van der Waals surface area contributed by atoms with Crippen LogP contribution in [0.15, 0.2) is 42.7 Å². The first-order chi connectivity index (χ1) is 8.75. The van der Waals surface area contributed by atoms with Crippen LogP contribution in [-0.4, -0.2) is 14.8 Å². The number of benzene rings is 1. The lowest BCUT2D eigenvalue weighted by atomic mass is 10.0. The molecule has 0 radical (unpaired) electrons. The number of nitrogens with one attached hydrogen (secondary N) is 1. The zero-order valence-corrected chi connectivity index (χ0v) is 10.7. The normalized spacial score (nSPS) is 11.5. The van der Waals surface area contributed by atoms with Crippen LogP contribution >= 0.6 is 0 Å². The molecule has 0 unspecified atom stereocenters. The number of fused-ring (bicyclic) bond motifs is 1. The molecule has 92 valence electrons. The number of hydrogen-bond acceptors (Lipinski definition) is 1. The molecule has 0 fully saturated rings. The van der Waals surface area contributed by atoms with Gasteiger partial charge in [-0.15, -0.1) is 0 Å². The van der Waals surface area contributed by atoms with Crippen molar-refractivity contribution in [3.05, 3.63) is 54.0 Å². The minimum Gasteiger partial charge on any atom is -0.358 e. The Labute approximate surface area is 106 Å². The molecule has 0 saturated heterocycles. The van der Waals surface area contributed by atoms with Gasteiger partial charge in [-0.05, 0) is 18.1 Å². The van der Waals surface area contributed by atoms with Crippen molar-refractivity contribution in [2.75, 3.05) is 0 Å². The summed E-state index contributed by atoms with van der Waals surface area (Å²) in [6.45, 7) is 5.26. The molecule has 0 atom stereocenters. The molecular formula is C15H17N3. The van der Waals surface area contributed by atoms with Crippen LogP contribution in [0, 0.1) is 0 Å². The molecule has 1 aromatic carbocycles. The lowest BCUT2D eigenvalue weighted by molar-refractivity contribution is 0.676. The van der Waals surface area contributed by atoms with Gasteiger partial charge in [0.2, 0.25) is 0 Å². The molecule has 2 aromatic heterocycles. The van der Waals surface area contributed by atoms with Gasteiger partial charge < -0.3 is 4.98 Å². The maximum Gasteiger partial charge on any atom is 0.0683 e. The standard InChI is InChI=1S/C15H17N3/c1-11(2)15-13(10-18-9-5-8-16-18)12-6-3-4-7-14(12)17-15/h3-9,11,17H,10H2,1-2H3. The van der Waals surface area contributed by atoms with Crippen LogP contribution in [0.5, 0.6) is 0 Å². The predicted octanol–water partition coefficient (Wildman–Crippen LogP) is 3.54. The largest absolute Gasteiger partial charge is 0.358 e. The van der Waals surface area contributed by atoms with Crippen molar-refractivity contribution < 1.29 is 0 Å². The molecule has 0 aliphatic carbocycles. The highest BCUT2D eigenvalue weighted by atomic mass is 15.3. The van der Waals surface area contributed by atoms with Gasteiger partial charge in [0, 0.05) is 34.6 Å². The van der Waals surface area contributed by atoms with Crippen molar-refractivity contribution in [3.63, 3.8) is 0 Å². The first-order valence-corrected chi connectivity index (χ1v) is 6.32. The summed E-state index contributed by atoms with van der Waals surface area (Å²) in [6, 6.07) is 10.4. The van der Waals surface area contributed by atoms with E-state index < -0.39 is 0 Å². The van der Waals surface area contributed by atoms with E-state index in [0.717, 1.165) is 6.54 Å². The van der Waals surface area contributed by atoms with Gasteiger partial charge in [-0.1, -0.05) is 32.0 Å². The van der Waals surface area contributed by atoms with E-state index >= 15 is 0 Å². The quantitative estimate of drug-likeness (QED) is 0.745. The van der Waals surface area contributed by atoms with Crippen LogP contribution < -0.4 is 0 Å². The molecule has 0 bridgehead atoms. The molecule has 2 heterocycles. The van der Waals surface area contributed by atoms with Crippen LogP contribution in [0.2, 0.25) is 0 Å². The zero-order valence-electron chi connectivity index (χ0n) is 10.7. The average molecular weight is 239 g/mol. The lowest BCUT2D eigenvalue weighted by Gasteiger charge is -2.08. The zero-order chi connectivity index (χ0) is 12.5. The third kappa shape index (κ3) is 1.82. The fraction of sp³-hybridized carbons (Fsp3) is 0.267. The smallest absolute Gasteiger partial charge is 0.0683 e. The van der Waals surface area contributed by atoms with Gasteiger partial charge in [0.1, 0.15) is 0 Å². The van der Waals surface area contributed by atoms with Crippen LogP contribution in [0.3, 0.4) is 0 Å². The second kappa shape index (κ2) is 4.33. The molecule has 18 heavy (non-hydrogen) atoms. The molecule has 3 rings (SSSR count). The fourth-order valence-electron chi connectivity index (χ4n) is 2.44. The molecule has 0 saturated carbocycles. The Morgan fingerprint density at radius 2 is 2.06 bits per heavy atom. The molecule has 0 aliphatic rings. The number of aromatic amines is 1. The van der Waals surface area contributed by atoms with Crippen molar-refractivity contribution in [1.29, 1.82) is 0 Å². The Hall–Kier alpha value is -2.03. The van der Waals surface area contributed by atoms with Gasteiger partial charge in [0.15, 0.2) is 0 Å². The highest BCUT2D eigenvalue weighted by Crippen LogP contribution is 2.28. The summed E-state index contributed by atoms with van der Waals surface area (Å²) >= 11 is 0. The van der Waals surface area contributed by atoms with Crippen molar-refractivity contribution in [3.8, 4) is 0 Å². The SMILES string of the molecule is CC(C)c1[nH]c2ccccc2c1Cn1cccn1. The second-order valence-corrected chi connectivity index (χ2v) is 4.92. The van der Waals surface area contributed by atoms with E-state index in [1.165, 1.54) is 22.2 Å². The van der Waals surface area contributed by atoms with Gasteiger partial charge in [0.05, 0.1) is 6.54 Å². The number of H-pyrrole nitrogens is 1. The topological polar surface area (TPSA) is 33.6 Å². The summed E-state index contributed by atoms with van der Waals surface area (Å²) in [5, 5.41) is 5.60. The van der Waals surface area contributed by atoms with Gasteiger partial charge in [-0.25, -0.2) is 0 Å². The maximum atomic E-state index is 4.30. The highest BCUT2D eigenvalue weighted by Gasteiger charge is 2.14. The molecule has 3 nitrogen and oxygen atoms in total. The molecule has 3 aromatic rings. The predicted molar refractivity (Wildman–Crippen MR) is 73.7 cm³/mol. The number of hydrogen-bond donors (Lipinski definition) is 1. The Bertz CT molecular complexity index is 647. The van der Waals surface area contributed by atoms with Gasteiger partial charge >= 0.3 is 0 Å². The Kier molecular flexibility index (Phi) is 2.67. The molecule has 0 spiro atoms. The van der Waals surface area contributed by atoms with Crippen LogP contribution in [0.25, 0.3) is 10.9 Å². The van der Waals surface area contributed by atoms with Crippen LogP contribution in [0.1, 0.15) is 31.0 Å². The monoisotopic (exact) mass is 239 g/mol. The van der Waals surface area contributed by atoms with E-state index in [-0.39, 0.29) is 0 Å². The third-order valence-electron chi connectivity index (χ3n) is 3.30. The molecule has 3 heteroatoms. The first-order valence-electron chi connectivity index (χ1n) is 6.32. The van der Waals surface area contributed by atoms with Crippen molar-refractivity contribution >= 4 is 10.9 Å². The minimum atomic E-state index is 0.489. The molecular weight excluding hydrogens is 222 g/mol. The van der Waals surface area contributed by atoms with Crippen LogP contribution in [0.4, 0.5) is 0 Å². The molecule has 1 N–H and O–H groups in total. The summed E-state index contributed by atoms with van der Waals surface area (Å²) in [4.78, 5) is 3.53. The Balaban J connectivity index is 2.15. The van der Waals surface area contributed by atoms with Gasteiger partial charge in [-0.3, -0.25) is 4.68 Å². The Morgan fingerprint density at radius 1 is 1.22 bits per heavy atom. The Morgan fingerprint density at radius 3 is 2.78 bits per heavy atom. The van der Waals surface area contributed by atoms with Crippen LogP contribution in [-0.2, 0) is 6.54 Å². The summed E-state index contributed by atoms with van der Waals surface area (Å²) in [5.74, 6) is 0.489. The third-order valence-corrected chi connectivity index (χ3v) is 3.30. The van der Waals surface area contributed by atoms with E-state index in [9.17, 15) is 0 Å². The van der Waals surface area contributed by atoms with E-state index in [1.54, 1.807) is 0 Å². The van der Waals surface area contributed by atoms with Crippen molar-refractivity contribution in [2.45, 2.75) is 26.3 Å². The average Bonchev–Trinajstić information content (AvgIpc) is 2.98. The number of nitrogens with zero attached hydrogens (tertiary/aromatic N) is 2. The molecule has 0 aliphatic heterocycles. The van der Waals surface area contributed by atoms with Crippen molar-refractivity contribution in [1.82, 2.24) is 14.8 Å². The van der Waals surface area contributed by atoms with E-state index in [1.807, 2.05) is 23.1 Å². The summed E-state index contributed by atoms with van der Waals surface area (Å²) in [7, 11) is 0. The highest BCUT2D eigenvalue weighted by molar-refractivity contribution is 5.84. The lowest BCUT2D eigenvalue weighted by Crippen LogP contribution is -2.03. The van der Waals surface area contributed by atoms with Gasteiger partial charge in [-0.2, -0.15) is 5.10 Å². The summed E-state index contributed by atoms with van der Waals surface area (Å²) in [6.07, 6.45) is 3.83. The number of para-hydroxylation sites is 1. The fourth-order valence-corrected chi connectivity index (χ4v) is 2.44. The van der Waals surface area contributed by atoms with E-state index in [2.05, 4.69) is 48.2 Å². The second-order valence-electron chi connectivity index (χ2n) is 4.92. The van der Waals surface area contributed by atoms with Crippen molar-refractivity contribution in [2.24, 2.45) is 0 Å². The van der Waals surface area contributed by atoms with E-state index in [4.69, 9.17) is 0 Å². The number of rotatable bonds is 3. The molecule has 0 amide bonds. The van der Waals surface area contributed by atoms with E-state index in [0.29, 0.717) is 5.92 Å². The maximum absolute atomic E-state index is 4.30. The number of aromatic nitrogens is 3. The summed E-state index contributed by atoms with van der Waals surface area (Å²) < 4.78 is 1.97. The summed E-state index contributed by atoms with van der Waals surface area (Å²) in [5.41, 5.74) is 3.87.